The second-order valence-electron chi connectivity index (χ2n) is 3.86. The second kappa shape index (κ2) is 9.60. The maximum absolute atomic E-state index is 11.5. The summed E-state index contributed by atoms with van der Waals surface area (Å²) >= 11 is 0. The summed E-state index contributed by atoms with van der Waals surface area (Å²) in [6.07, 6.45) is 1.02. The highest BCUT2D eigenvalue weighted by Gasteiger charge is 2.38. The van der Waals surface area contributed by atoms with Crippen LogP contribution in [0.15, 0.2) is 24.3 Å². The minimum atomic E-state index is 0.134. The molecule has 0 spiro atoms. The average molecular weight is 263 g/mol. The number of hydrogen-bond donors (Lipinski definition) is 1. The molecule has 1 aliphatic heterocycles. The molecule has 0 saturated carbocycles. The number of carbonyl (C=O) groups excluding carboxylic acids is 1. The third-order valence-electron chi connectivity index (χ3n) is 3.17. The number of hydrogen-bond acceptors (Lipinski definition) is 1. The van der Waals surface area contributed by atoms with E-state index in [1.165, 1.54) is 11.1 Å². The summed E-state index contributed by atoms with van der Waals surface area (Å²) in [4.78, 5) is 11.5. The Labute approximate surface area is 118 Å². The summed E-state index contributed by atoms with van der Waals surface area (Å²) < 4.78 is 0. The van der Waals surface area contributed by atoms with E-state index in [0.29, 0.717) is 5.92 Å². The van der Waals surface area contributed by atoms with Gasteiger partial charge in [0.15, 0.2) is 0 Å². The molecule has 19 heavy (non-hydrogen) atoms. The van der Waals surface area contributed by atoms with Crippen molar-refractivity contribution in [3.8, 4) is 0 Å². The number of rotatable bonds is 0. The smallest absolute Gasteiger partial charge is 0.227 e. The molecule has 3 rings (SSSR count). The topological polar surface area (TPSA) is 29.1 Å². The van der Waals surface area contributed by atoms with Crippen molar-refractivity contribution in [3.63, 3.8) is 0 Å². The van der Waals surface area contributed by atoms with Crippen molar-refractivity contribution in [1.29, 1.82) is 0 Å². The Bertz CT molecular complexity index is 373. The van der Waals surface area contributed by atoms with Gasteiger partial charge in [-0.15, -0.1) is 0 Å². The molecule has 2 heteroatoms. The second-order valence-corrected chi connectivity index (χ2v) is 3.86. The SMILES string of the molecule is CC.CC.CC.O=C1NCC2CC1c1ccccc12. The molecule has 2 bridgehead atoms. The van der Waals surface area contributed by atoms with Gasteiger partial charge in [0.25, 0.3) is 0 Å². The third-order valence-corrected chi connectivity index (χ3v) is 3.17. The molecule has 1 saturated heterocycles. The molecular formula is C17H29NO. The van der Waals surface area contributed by atoms with Crippen molar-refractivity contribution in [2.24, 2.45) is 0 Å². The molecule has 2 nitrogen and oxygen atoms in total. The molecule has 0 aromatic heterocycles. The van der Waals surface area contributed by atoms with Crippen LogP contribution < -0.4 is 5.32 Å². The first-order valence-corrected chi connectivity index (χ1v) is 7.73. The van der Waals surface area contributed by atoms with E-state index < -0.39 is 0 Å². The Morgan fingerprint density at radius 1 is 0.947 bits per heavy atom. The Kier molecular flexibility index (Phi) is 8.94. The van der Waals surface area contributed by atoms with Crippen LogP contribution in [0.5, 0.6) is 0 Å². The predicted molar refractivity (Wildman–Crippen MR) is 83.6 cm³/mol. The van der Waals surface area contributed by atoms with E-state index in [1.807, 2.05) is 47.6 Å². The molecule has 2 unspecified atom stereocenters. The first-order valence-electron chi connectivity index (χ1n) is 7.73. The van der Waals surface area contributed by atoms with Crippen LogP contribution in [0.2, 0.25) is 0 Å². The van der Waals surface area contributed by atoms with Crippen LogP contribution in [-0.4, -0.2) is 12.5 Å². The minimum Gasteiger partial charge on any atom is -0.355 e. The fourth-order valence-corrected chi connectivity index (χ4v) is 2.53. The van der Waals surface area contributed by atoms with Gasteiger partial charge in [-0.3, -0.25) is 4.79 Å². The highest BCUT2D eigenvalue weighted by molar-refractivity contribution is 5.86. The number of carbonyl (C=O) groups is 1. The Balaban J connectivity index is 0.000000482. The molecule has 1 aliphatic carbocycles. The zero-order valence-electron chi connectivity index (χ0n) is 13.3. The lowest BCUT2D eigenvalue weighted by Crippen LogP contribution is -2.34. The maximum atomic E-state index is 11.5. The molecule has 1 aromatic rings. The number of fused-ring (bicyclic) bond motifs is 5. The van der Waals surface area contributed by atoms with E-state index in [0.717, 1.165) is 13.0 Å². The van der Waals surface area contributed by atoms with Crippen LogP contribution in [0.4, 0.5) is 0 Å². The normalized spacial score (nSPS) is 21.3. The van der Waals surface area contributed by atoms with Gasteiger partial charge in [-0.2, -0.15) is 0 Å². The lowest BCUT2D eigenvalue weighted by atomic mass is 9.97. The number of nitrogens with one attached hydrogen (secondary N) is 1. The lowest BCUT2D eigenvalue weighted by Gasteiger charge is -2.19. The predicted octanol–water partition coefficient (Wildman–Crippen LogP) is 4.47. The molecule has 1 aromatic carbocycles. The molecule has 1 heterocycles. The number of benzene rings is 1. The standard InChI is InChI=1S/C11H11NO.3C2H6/c13-11-10-5-7(6-12-11)8-3-1-2-4-9(8)10;3*1-2/h1-4,7,10H,5-6H2,(H,12,13);3*1-2H3. The van der Waals surface area contributed by atoms with E-state index in [-0.39, 0.29) is 11.8 Å². The summed E-state index contributed by atoms with van der Waals surface area (Å²) in [5.41, 5.74) is 2.63. The van der Waals surface area contributed by atoms with Crippen molar-refractivity contribution in [1.82, 2.24) is 5.32 Å². The summed E-state index contributed by atoms with van der Waals surface area (Å²) in [5.74, 6) is 0.912. The summed E-state index contributed by atoms with van der Waals surface area (Å²) in [6.45, 7) is 12.8. The zero-order chi connectivity index (χ0) is 14.8. The first-order chi connectivity index (χ1) is 9.36. The van der Waals surface area contributed by atoms with Gasteiger partial charge in [0.05, 0.1) is 5.92 Å². The Hall–Kier alpha value is -1.31. The molecule has 2 aliphatic rings. The lowest BCUT2D eigenvalue weighted by molar-refractivity contribution is -0.123. The van der Waals surface area contributed by atoms with Gasteiger partial charge in [0.2, 0.25) is 5.91 Å². The highest BCUT2D eigenvalue weighted by atomic mass is 16.2. The largest absolute Gasteiger partial charge is 0.355 e. The van der Waals surface area contributed by atoms with Crippen molar-refractivity contribution >= 4 is 5.91 Å². The zero-order valence-corrected chi connectivity index (χ0v) is 13.3. The van der Waals surface area contributed by atoms with Crippen LogP contribution in [0, 0.1) is 0 Å². The number of amides is 1. The Morgan fingerprint density at radius 3 is 2.05 bits per heavy atom. The van der Waals surface area contributed by atoms with Crippen LogP contribution in [0.3, 0.4) is 0 Å². The summed E-state index contributed by atoms with van der Waals surface area (Å²) in [6, 6.07) is 8.32. The van der Waals surface area contributed by atoms with Gasteiger partial charge in [0, 0.05) is 12.5 Å². The van der Waals surface area contributed by atoms with Crippen molar-refractivity contribution < 1.29 is 4.79 Å². The molecule has 1 N–H and O–H groups in total. The number of piperidine rings is 1. The van der Waals surface area contributed by atoms with E-state index >= 15 is 0 Å². The van der Waals surface area contributed by atoms with Gasteiger partial charge in [-0.05, 0) is 17.5 Å². The summed E-state index contributed by atoms with van der Waals surface area (Å²) in [7, 11) is 0. The fraction of sp³-hybridized carbons (Fsp3) is 0.588. The van der Waals surface area contributed by atoms with Gasteiger partial charge in [-0.1, -0.05) is 65.8 Å². The fourth-order valence-electron chi connectivity index (χ4n) is 2.53. The van der Waals surface area contributed by atoms with Crippen molar-refractivity contribution in [2.45, 2.75) is 59.8 Å². The van der Waals surface area contributed by atoms with Gasteiger partial charge < -0.3 is 5.32 Å². The monoisotopic (exact) mass is 263 g/mol. The maximum Gasteiger partial charge on any atom is 0.227 e. The van der Waals surface area contributed by atoms with Gasteiger partial charge >= 0.3 is 0 Å². The molecule has 0 radical (unpaired) electrons. The van der Waals surface area contributed by atoms with Crippen LogP contribution in [0.1, 0.15) is 70.9 Å². The quantitative estimate of drug-likeness (QED) is 0.735. The van der Waals surface area contributed by atoms with E-state index in [9.17, 15) is 4.79 Å². The minimum absolute atomic E-state index is 0.134. The molecule has 2 atom stereocenters. The first kappa shape index (κ1) is 17.7. The molecular weight excluding hydrogens is 234 g/mol. The average Bonchev–Trinajstić information content (AvgIpc) is 2.84. The molecule has 108 valence electrons. The summed E-state index contributed by atoms with van der Waals surface area (Å²) in [5, 5.41) is 2.95. The van der Waals surface area contributed by atoms with Crippen LogP contribution >= 0.6 is 0 Å². The Morgan fingerprint density at radius 2 is 1.47 bits per heavy atom. The third kappa shape index (κ3) is 3.82. The van der Waals surface area contributed by atoms with E-state index in [4.69, 9.17) is 0 Å². The van der Waals surface area contributed by atoms with Gasteiger partial charge in [0.1, 0.15) is 0 Å². The molecule has 1 amide bonds. The van der Waals surface area contributed by atoms with Gasteiger partial charge in [-0.25, -0.2) is 0 Å². The van der Waals surface area contributed by atoms with E-state index in [1.54, 1.807) is 0 Å². The van der Waals surface area contributed by atoms with Crippen LogP contribution in [-0.2, 0) is 4.79 Å². The molecule has 1 fully saturated rings. The highest BCUT2D eigenvalue weighted by Crippen LogP contribution is 2.43. The van der Waals surface area contributed by atoms with Crippen LogP contribution in [0.25, 0.3) is 0 Å². The van der Waals surface area contributed by atoms with Crippen molar-refractivity contribution in [2.75, 3.05) is 6.54 Å². The van der Waals surface area contributed by atoms with Crippen molar-refractivity contribution in [3.05, 3.63) is 35.4 Å². The van der Waals surface area contributed by atoms with E-state index in [2.05, 4.69) is 23.5 Å².